The normalized spacial score (nSPS) is 32.6. The summed E-state index contributed by atoms with van der Waals surface area (Å²) in [6.07, 6.45) is 1.37. The van der Waals surface area contributed by atoms with Crippen LogP contribution >= 0.6 is 0 Å². The molecular weight excluding hydrogens is 348 g/mol. The maximum Gasteiger partial charge on any atom is 0.262 e. The molecule has 0 radical (unpaired) electrons. The van der Waals surface area contributed by atoms with Crippen LogP contribution in [0.2, 0.25) is 0 Å². The molecule has 27 heavy (non-hydrogen) atoms. The molecule has 3 heterocycles. The van der Waals surface area contributed by atoms with Crippen LogP contribution in [0.5, 0.6) is 0 Å². The van der Waals surface area contributed by atoms with Gasteiger partial charge in [-0.05, 0) is 36.5 Å². The van der Waals surface area contributed by atoms with Crippen molar-refractivity contribution in [1.29, 1.82) is 0 Å². The van der Waals surface area contributed by atoms with Crippen LogP contribution < -0.4 is 11.1 Å². The zero-order chi connectivity index (χ0) is 18.9. The lowest BCUT2D eigenvalue weighted by atomic mass is 10.0. The van der Waals surface area contributed by atoms with Crippen molar-refractivity contribution in [2.75, 3.05) is 13.1 Å². The summed E-state index contributed by atoms with van der Waals surface area (Å²) in [7, 11) is 0. The molecule has 3 aliphatic heterocycles. The zero-order valence-corrected chi connectivity index (χ0v) is 14.7. The molecule has 140 valence electrons. The van der Waals surface area contributed by atoms with Crippen LogP contribution in [0.15, 0.2) is 18.2 Å². The minimum Gasteiger partial charge on any atom is -0.324 e. The second-order valence-corrected chi connectivity index (χ2v) is 8.13. The van der Waals surface area contributed by atoms with Gasteiger partial charge in [-0.1, -0.05) is 6.07 Å². The van der Waals surface area contributed by atoms with E-state index in [1.807, 2.05) is 6.07 Å². The van der Waals surface area contributed by atoms with Gasteiger partial charge in [0.2, 0.25) is 11.8 Å². The Morgan fingerprint density at radius 3 is 2.63 bits per heavy atom. The molecule has 0 bridgehead atoms. The molecule has 1 unspecified atom stereocenters. The van der Waals surface area contributed by atoms with Crippen LogP contribution in [0.1, 0.15) is 45.5 Å². The first-order valence-corrected chi connectivity index (χ1v) is 9.21. The molecule has 3 atom stereocenters. The number of hydrogen-bond donors (Lipinski definition) is 2. The Labute approximate surface area is 155 Å². The first-order chi connectivity index (χ1) is 12.9. The van der Waals surface area contributed by atoms with Gasteiger partial charge in [0, 0.05) is 31.6 Å². The fourth-order valence-electron chi connectivity index (χ4n) is 4.63. The van der Waals surface area contributed by atoms with E-state index >= 15 is 0 Å². The third-order valence-electron chi connectivity index (χ3n) is 6.19. The largest absolute Gasteiger partial charge is 0.324 e. The summed E-state index contributed by atoms with van der Waals surface area (Å²) in [4.78, 5) is 52.2. The Bertz CT molecular complexity index is 913. The predicted octanol–water partition coefficient (Wildman–Crippen LogP) is -0.379. The summed E-state index contributed by atoms with van der Waals surface area (Å²) in [6.45, 7) is 2.50. The van der Waals surface area contributed by atoms with Gasteiger partial charge in [0.25, 0.3) is 11.8 Å². The molecule has 4 amide bonds. The van der Waals surface area contributed by atoms with Crippen LogP contribution in [-0.2, 0) is 16.1 Å². The molecule has 3 N–H and O–H groups in total. The van der Waals surface area contributed by atoms with E-state index in [4.69, 9.17) is 5.73 Å². The SMILES string of the molecule is N[C@]12C[C@H]1CN(Cc1ccc3c(c1)C(=O)N(C1CCC(=O)NC1=O)C3=O)C2. The molecule has 5 rings (SSSR count). The molecule has 1 aliphatic carbocycles. The summed E-state index contributed by atoms with van der Waals surface area (Å²) >= 11 is 0. The van der Waals surface area contributed by atoms with Crippen molar-refractivity contribution in [3.63, 3.8) is 0 Å². The lowest BCUT2D eigenvalue weighted by molar-refractivity contribution is -0.136. The number of fused-ring (bicyclic) bond motifs is 2. The monoisotopic (exact) mass is 368 g/mol. The first-order valence-electron chi connectivity index (χ1n) is 9.21. The summed E-state index contributed by atoms with van der Waals surface area (Å²) in [5, 5.41) is 2.20. The number of carbonyl (C=O) groups is 4. The van der Waals surface area contributed by atoms with Crippen molar-refractivity contribution >= 4 is 23.6 Å². The highest BCUT2D eigenvalue weighted by Crippen LogP contribution is 2.47. The Balaban J connectivity index is 1.37. The lowest BCUT2D eigenvalue weighted by Crippen LogP contribution is -2.54. The molecule has 0 aromatic heterocycles. The molecule has 1 saturated carbocycles. The summed E-state index contributed by atoms with van der Waals surface area (Å²) in [5.41, 5.74) is 7.79. The predicted molar refractivity (Wildman–Crippen MR) is 93.4 cm³/mol. The minimum atomic E-state index is -0.929. The Kier molecular flexibility index (Phi) is 3.36. The van der Waals surface area contributed by atoms with Crippen molar-refractivity contribution < 1.29 is 19.2 Å². The van der Waals surface area contributed by atoms with Gasteiger partial charge in [-0.25, -0.2) is 0 Å². The fourth-order valence-corrected chi connectivity index (χ4v) is 4.63. The molecular formula is C19H20N4O4. The molecule has 0 spiro atoms. The molecule has 8 nitrogen and oxygen atoms in total. The van der Waals surface area contributed by atoms with Crippen LogP contribution in [0, 0.1) is 5.92 Å². The van der Waals surface area contributed by atoms with E-state index in [-0.39, 0.29) is 24.3 Å². The van der Waals surface area contributed by atoms with Crippen LogP contribution in [0.25, 0.3) is 0 Å². The number of rotatable bonds is 3. The molecule has 1 aromatic rings. The average Bonchev–Trinajstić information content (AvgIpc) is 3.03. The van der Waals surface area contributed by atoms with E-state index in [0.29, 0.717) is 23.6 Å². The van der Waals surface area contributed by atoms with Gasteiger partial charge in [0.15, 0.2) is 0 Å². The number of likely N-dealkylation sites (tertiary alicyclic amines) is 1. The Morgan fingerprint density at radius 1 is 1.15 bits per heavy atom. The number of carbonyl (C=O) groups excluding carboxylic acids is 4. The third-order valence-corrected chi connectivity index (χ3v) is 6.19. The Hall–Kier alpha value is -2.58. The van der Waals surface area contributed by atoms with Gasteiger partial charge < -0.3 is 5.73 Å². The number of nitrogens with zero attached hydrogens (tertiary/aromatic N) is 2. The summed E-state index contributed by atoms with van der Waals surface area (Å²) < 4.78 is 0. The molecule has 8 heteroatoms. The number of nitrogens with two attached hydrogens (primary N) is 1. The summed E-state index contributed by atoms with van der Waals surface area (Å²) in [5.74, 6) is -1.34. The van der Waals surface area contributed by atoms with Gasteiger partial charge in [0.1, 0.15) is 6.04 Å². The first kappa shape index (κ1) is 16.6. The maximum atomic E-state index is 12.8. The van der Waals surface area contributed by atoms with Crippen molar-refractivity contribution in [3.05, 3.63) is 34.9 Å². The van der Waals surface area contributed by atoms with E-state index in [2.05, 4.69) is 10.2 Å². The standard InChI is InChI=1S/C19H20N4O4/c20-19-6-11(19)8-22(9-19)7-10-1-2-12-13(5-10)18(27)23(17(12)26)14-3-4-15(24)21-16(14)25/h1-2,5,11,14H,3-4,6-9,20H2,(H,21,24,25)/t11-,14?,19-/m0/s1. The fraction of sp³-hybridized carbons (Fsp3) is 0.474. The highest BCUT2D eigenvalue weighted by Gasteiger charge is 2.57. The zero-order valence-electron chi connectivity index (χ0n) is 14.7. The number of amides is 4. The van der Waals surface area contributed by atoms with E-state index in [1.54, 1.807) is 12.1 Å². The smallest absolute Gasteiger partial charge is 0.262 e. The number of piperidine rings is 2. The van der Waals surface area contributed by atoms with E-state index in [0.717, 1.165) is 30.0 Å². The molecule has 2 saturated heterocycles. The van der Waals surface area contributed by atoms with Crippen LogP contribution in [0.4, 0.5) is 0 Å². The molecule has 3 fully saturated rings. The van der Waals surface area contributed by atoms with Crippen molar-refractivity contribution in [2.45, 2.75) is 37.4 Å². The molecule has 1 aromatic carbocycles. The van der Waals surface area contributed by atoms with Gasteiger partial charge in [-0.15, -0.1) is 0 Å². The quantitative estimate of drug-likeness (QED) is 0.704. The lowest BCUT2D eigenvalue weighted by Gasteiger charge is -2.27. The molecule has 4 aliphatic rings. The van der Waals surface area contributed by atoms with Gasteiger partial charge in [-0.2, -0.15) is 0 Å². The van der Waals surface area contributed by atoms with Gasteiger partial charge in [-0.3, -0.25) is 34.3 Å². The number of benzene rings is 1. The van der Waals surface area contributed by atoms with E-state index in [1.165, 1.54) is 0 Å². The van der Waals surface area contributed by atoms with Gasteiger partial charge >= 0.3 is 0 Å². The average molecular weight is 368 g/mol. The van der Waals surface area contributed by atoms with Crippen LogP contribution in [-0.4, -0.2) is 58.1 Å². The van der Waals surface area contributed by atoms with Crippen molar-refractivity contribution in [3.8, 4) is 0 Å². The topological polar surface area (TPSA) is 113 Å². The van der Waals surface area contributed by atoms with Crippen molar-refractivity contribution in [2.24, 2.45) is 11.7 Å². The van der Waals surface area contributed by atoms with Crippen molar-refractivity contribution in [1.82, 2.24) is 15.1 Å². The second-order valence-electron chi connectivity index (χ2n) is 8.13. The maximum absolute atomic E-state index is 12.8. The Morgan fingerprint density at radius 2 is 1.93 bits per heavy atom. The van der Waals surface area contributed by atoms with E-state index in [9.17, 15) is 19.2 Å². The highest BCUT2D eigenvalue weighted by molar-refractivity contribution is 6.23. The van der Waals surface area contributed by atoms with E-state index < -0.39 is 23.8 Å². The minimum absolute atomic E-state index is 0.0366. The number of hydrogen-bond acceptors (Lipinski definition) is 6. The van der Waals surface area contributed by atoms with Crippen LogP contribution in [0.3, 0.4) is 0 Å². The highest BCUT2D eigenvalue weighted by atomic mass is 16.2. The third kappa shape index (κ3) is 2.51. The number of imide groups is 2. The summed E-state index contributed by atoms with van der Waals surface area (Å²) in [6, 6.07) is 4.33. The second kappa shape index (κ2) is 5.46. The number of nitrogens with one attached hydrogen (secondary N) is 1. The van der Waals surface area contributed by atoms with Gasteiger partial charge in [0.05, 0.1) is 11.1 Å².